The van der Waals surface area contributed by atoms with Gasteiger partial charge in [0.15, 0.2) is 5.82 Å². The molecule has 50 heavy (non-hydrogen) atoms. The molecule has 0 unspecified atom stereocenters. The summed E-state index contributed by atoms with van der Waals surface area (Å²) in [6.07, 6.45) is 0. The van der Waals surface area contributed by atoms with Crippen LogP contribution in [0.25, 0.3) is 92.7 Å². The molecule has 234 valence electrons. The lowest BCUT2D eigenvalue weighted by Crippen LogP contribution is -1.94. The molecule has 0 amide bonds. The Labute approximate surface area is 293 Å². The van der Waals surface area contributed by atoms with Crippen LogP contribution in [-0.4, -0.2) is 14.5 Å². The third-order valence-electron chi connectivity index (χ3n) is 9.61. The van der Waals surface area contributed by atoms with Gasteiger partial charge >= 0.3 is 0 Å². The van der Waals surface area contributed by atoms with Crippen molar-refractivity contribution in [1.29, 1.82) is 0 Å². The molecule has 0 fully saturated rings. The summed E-state index contributed by atoms with van der Waals surface area (Å²) < 4.78 is 4.71. The fourth-order valence-corrected chi connectivity index (χ4v) is 8.47. The van der Waals surface area contributed by atoms with Crippen LogP contribution in [-0.2, 0) is 0 Å². The molecule has 0 aliphatic rings. The zero-order valence-corrected chi connectivity index (χ0v) is 27.8. The molecule has 0 radical (unpaired) electrons. The minimum absolute atomic E-state index is 0.739. The Balaban J connectivity index is 1.23. The first kappa shape index (κ1) is 28.6. The molecule has 0 spiro atoms. The fourth-order valence-electron chi connectivity index (χ4n) is 7.31. The molecule has 0 aliphatic heterocycles. The highest BCUT2D eigenvalue weighted by Crippen LogP contribution is 2.43. The van der Waals surface area contributed by atoms with E-state index >= 15 is 0 Å². The first-order valence-corrected chi connectivity index (χ1v) is 17.7. The summed E-state index contributed by atoms with van der Waals surface area (Å²) in [5.74, 6) is 0.739. The van der Waals surface area contributed by atoms with Gasteiger partial charge in [-0.1, -0.05) is 133 Å². The zero-order chi connectivity index (χ0) is 33.0. The monoisotopic (exact) mass is 655 g/mol. The van der Waals surface area contributed by atoms with Crippen molar-refractivity contribution < 1.29 is 0 Å². The Hall–Kier alpha value is -6.36. The number of aromatic nitrogens is 3. The van der Waals surface area contributed by atoms with Crippen molar-refractivity contribution in [3.8, 4) is 50.6 Å². The van der Waals surface area contributed by atoms with Gasteiger partial charge < -0.3 is 4.57 Å². The highest BCUT2D eigenvalue weighted by molar-refractivity contribution is 7.26. The quantitative estimate of drug-likeness (QED) is 0.185. The highest BCUT2D eigenvalue weighted by atomic mass is 32.1. The Kier molecular flexibility index (Phi) is 6.68. The van der Waals surface area contributed by atoms with E-state index in [0.29, 0.717) is 0 Å². The van der Waals surface area contributed by atoms with Crippen molar-refractivity contribution in [3.05, 3.63) is 176 Å². The molecule has 4 heteroatoms. The van der Waals surface area contributed by atoms with E-state index in [1.165, 1.54) is 43.2 Å². The lowest BCUT2D eigenvalue weighted by molar-refractivity contribution is 1.18. The summed E-state index contributed by atoms with van der Waals surface area (Å²) in [7, 11) is 0. The molecule has 3 nitrogen and oxygen atoms in total. The maximum absolute atomic E-state index is 5.27. The van der Waals surface area contributed by atoms with Crippen LogP contribution in [0.2, 0.25) is 0 Å². The summed E-state index contributed by atoms with van der Waals surface area (Å²) in [6, 6.07) is 62.6. The molecule has 10 rings (SSSR count). The molecule has 0 saturated carbocycles. The Bertz CT molecular complexity index is 2850. The Morgan fingerprint density at radius 3 is 1.94 bits per heavy atom. The maximum Gasteiger partial charge on any atom is 0.160 e. The van der Waals surface area contributed by atoms with Crippen molar-refractivity contribution in [2.24, 2.45) is 0 Å². The van der Waals surface area contributed by atoms with Crippen LogP contribution in [0.1, 0.15) is 0 Å². The van der Waals surface area contributed by atoms with Gasteiger partial charge in [-0.05, 0) is 64.7 Å². The molecular weight excluding hydrogens is 627 g/mol. The molecule has 0 atom stereocenters. The average molecular weight is 656 g/mol. The topological polar surface area (TPSA) is 30.7 Å². The molecule has 3 aromatic heterocycles. The SMILES string of the molecule is c1ccc(-c2ccc3c(c2)c2c(-c4cccc(-c5nc(-c6ccccc6)nc6c5sc5ccccc56)c4)cccc2n3-c2ccccc2)cc1. The number of hydrogen-bond donors (Lipinski definition) is 0. The van der Waals surface area contributed by atoms with Gasteiger partial charge in [0.1, 0.15) is 0 Å². The van der Waals surface area contributed by atoms with Crippen LogP contribution in [0.4, 0.5) is 0 Å². The fraction of sp³-hybridized carbons (Fsp3) is 0. The third kappa shape index (κ3) is 4.65. The van der Waals surface area contributed by atoms with E-state index in [2.05, 4.69) is 162 Å². The summed E-state index contributed by atoms with van der Waals surface area (Å²) in [5.41, 5.74) is 12.3. The third-order valence-corrected chi connectivity index (χ3v) is 10.8. The predicted octanol–water partition coefficient (Wildman–Crippen LogP) is 12.6. The van der Waals surface area contributed by atoms with Crippen molar-refractivity contribution in [3.63, 3.8) is 0 Å². The molecule has 0 bridgehead atoms. The number of fused-ring (bicyclic) bond motifs is 6. The van der Waals surface area contributed by atoms with Gasteiger partial charge in [0.25, 0.3) is 0 Å². The number of para-hydroxylation sites is 1. The van der Waals surface area contributed by atoms with Crippen molar-refractivity contribution in [2.75, 3.05) is 0 Å². The Morgan fingerprint density at radius 2 is 1.12 bits per heavy atom. The molecule has 3 heterocycles. The lowest BCUT2D eigenvalue weighted by Gasteiger charge is -2.11. The second-order valence-electron chi connectivity index (χ2n) is 12.6. The lowest BCUT2D eigenvalue weighted by atomic mass is 9.96. The van der Waals surface area contributed by atoms with Crippen LogP contribution in [0, 0.1) is 0 Å². The number of rotatable bonds is 5. The minimum atomic E-state index is 0.739. The van der Waals surface area contributed by atoms with E-state index in [1.54, 1.807) is 11.3 Å². The minimum Gasteiger partial charge on any atom is -0.309 e. The van der Waals surface area contributed by atoms with Gasteiger partial charge in [-0.15, -0.1) is 11.3 Å². The van der Waals surface area contributed by atoms with E-state index in [-0.39, 0.29) is 0 Å². The van der Waals surface area contributed by atoms with Crippen LogP contribution in [0.3, 0.4) is 0 Å². The second kappa shape index (κ2) is 11.7. The predicted molar refractivity (Wildman–Crippen MR) is 211 cm³/mol. The van der Waals surface area contributed by atoms with Crippen LogP contribution < -0.4 is 0 Å². The first-order chi connectivity index (χ1) is 24.8. The largest absolute Gasteiger partial charge is 0.309 e. The van der Waals surface area contributed by atoms with Crippen LogP contribution >= 0.6 is 11.3 Å². The van der Waals surface area contributed by atoms with E-state index in [0.717, 1.165) is 49.5 Å². The van der Waals surface area contributed by atoms with E-state index in [1.807, 2.05) is 18.2 Å². The summed E-state index contributed by atoms with van der Waals surface area (Å²) in [4.78, 5) is 10.4. The molecule has 0 N–H and O–H groups in total. The molecule has 0 saturated heterocycles. The van der Waals surface area contributed by atoms with Gasteiger partial charge in [-0.2, -0.15) is 0 Å². The van der Waals surface area contributed by atoms with Gasteiger partial charge in [0.2, 0.25) is 0 Å². The average Bonchev–Trinajstić information content (AvgIpc) is 3.74. The van der Waals surface area contributed by atoms with E-state index in [4.69, 9.17) is 9.97 Å². The van der Waals surface area contributed by atoms with Crippen molar-refractivity contribution >= 4 is 53.4 Å². The van der Waals surface area contributed by atoms with Gasteiger partial charge in [0.05, 0.1) is 26.9 Å². The number of benzene rings is 7. The molecule has 7 aromatic carbocycles. The smallest absolute Gasteiger partial charge is 0.160 e. The summed E-state index contributed by atoms with van der Waals surface area (Å²) in [6.45, 7) is 0. The number of thiophene rings is 1. The summed E-state index contributed by atoms with van der Waals surface area (Å²) >= 11 is 1.77. The molecule has 0 aliphatic carbocycles. The van der Waals surface area contributed by atoms with E-state index in [9.17, 15) is 0 Å². The Morgan fingerprint density at radius 1 is 0.440 bits per heavy atom. The van der Waals surface area contributed by atoms with Crippen LogP contribution in [0.5, 0.6) is 0 Å². The van der Waals surface area contributed by atoms with Gasteiger partial charge in [-0.25, -0.2) is 9.97 Å². The van der Waals surface area contributed by atoms with Gasteiger partial charge in [0, 0.05) is 37.7 Å². The number of nitrogens with zero attached hydrogens (tertiary/aromatic N) is 3. The highest BCUT2D eigenvalue weighted by Gasteiger charge is 2.20. The standard InChI is InChI=1S/C46H29N3S/c1-4-14-30(15-5-1)32-26-27-39-38(29-32)42-36(23-13-24-40(42)49(39)35-20-8-3-9-21-35)33-18-12-19-34(28-33)43-45-44(37-22-10-11-25-41(37)50-45)48-46(47-43)31-16-6-2-7-17-31/h1-29H. The maximum atomic E-state index is 5.27. The van der Waals surface area contributed by atoms with Crippen LogP contribution in [0.15, 0.2) is 176 Å². The molecular formula is C46H29N3S. The van der Waals surface area contributed by atoms with Crippen molar-refractivity contribution in [1.82, 2.24) is 14.5 Å². The van der Waals surface area contributed by atoms with Gasteiger partial charge in [-0.3, -0.25) is 0 Å². The second-order valence-corrected chi connectivity index (χ2v) is 13.6. The zero-order valence-electron chi connectivity index (χ0n) is 27.0. The first-order valence-electron chi connectivity index (χ1n) is 16.8. The summed E-state index contributed by atoms with van der Waals surface area (Å²) in [5, 5.41) is 3.63. The van der Waals surface area contributed by atoms with E-state index < -0.39 is 0 Å². The van der Waals surface area contributed by atoms with Crippen molar-refractivity contribution in [2.45, 2.75) is 0 Å². The normalized spacial score (nSPS) is 11.6. The number of hydrogen-bond acceptors (Lipinski definition) is 3. The molecule has 10 aromatic rings.